The van der Waals surface area contributed by atoms with Crippen LogP contribution in [0, 0.1) is 5.41 Å². The number of hydrogen-bond donors (Lipinski definition) is 1. The maximum Gasteiger partial charge on any atom is 0.150 e. The van der Waals surface area contributed by atoms with Crippen molar-refractivity contribution in [3.63, 3.8) is 0 Å². The van der Waals surface area contributed by atoms with Crippen LogP contribution in [-0.4, -0.2) is 32.0 Å². The lowest BCUT2D eigenvalue weighted by Gasteiger charge is -2.23. The van der Waals surface area contributed by atoms with E-state index in [0.717, 1.165) is 12.8 Å². The topological polar surface area (TPSA) is 46.2 Å². The molecule has 1 saturated heterocycles. The molecular weight excluding hydrogens is 198 g/mol. The lowest BCUT2D eigenvalue weighted by molar-refractivity contribution is 0.428. The summed E-state index contributed by atoms with van der Waals surface area (Å²) in [6.07, 6.45) is 2.83. The Labute approximate surface area is 86.2 Å². The zero-order chi connectivity index (χ0) is 10.4. The highest BCUT2D eigenvalue weighted by molar-refractivity contribution is 7.91. The van der Waals surface area contributed by atoms with E-state index in [0.29, 0.717) is 29.0 Å². The molecule has 0 aromatic heterocycles. The van der Waals surface area contributed by atoms with Crippen molar-refractivity contribution >= 4 is 9.84 Å². The zero-order valence-electron chi connectivity index (χ0n) is 8.91. The predicted molar refractivity (Wildman–Crippen MR) is 57.0 cm³/mol. The zero-order valence-corrected chi connectivity index (χ0v) is 9.73. The van der Waals surface area contributed by atoms with Gasteiger partial charge in [-0.2, -0.15) is 0 Å². The second-order valence-electron chi connectivity index (χ2n) is 5.34. The Morgan fingerprint density at radius 1 is 1.21 bits per heavy atom. The molecule has 2 aliphatic rings. The van der Waals surface area contributed by atoms with Gasteiger partial charge in [0.2, 0.25) is 0 Å². The molecule has 0 bridgehead atoms. The Kier molecular flexibility index (Phi) is 2.39. The van der Waals surface area contributed by atoms with Crippen LogP contribution in [0.3, 0.4) is 0 Å². The van der Waals surface area contributed by atoms with Crippen LogP contribution in [0.1, 0.15) is 33.1 Å². The molecule has 0 aromatic rings. The second kappa shape index (κ2) is 3.20. The monoisotopic (exact) mass is 217 g/mol. The fraction of sp³-hybridized carbons (Fsp3) is 1.00. The van der Waals surface area contributed by atoms with E-state index >= 15 is 0 Å². The lowest BCUT2D eigenvalue weighted by Crippen LogP contribution is -2.39. The van der Waals surface area contributed by atoms with E-state index in [4.69, 9.17) is 0 Å². The standard InChI is InChI=1S/C10H19NO2S/c1-10(2)7-9(10)11-8-3-5-14(12,13)6-4-8/h8-9,11H,3-7H2,1-2H3. The smallest absolute Gasteiger partial charge is 0.150 e. The summed E-state index contributed by atoms with van der Waals surface area (Å²) in [7, 11) is -2.70. The minimum atomic E-state index is -2.70. The van der Waals surface area contributed by atoms with Gasteiger partial charge in [-0.25, -0.2) is 8.42 Å². The van der Waals surface area contributed by atoms with Gasteiger partial charge in [0, 0.05) is 12.1 Å². The summed E-state index contributed by atoms with van der Waals surface area (Å²) in [5.74, 6) is 0.746. The third-order valence-corrected chi connectivity index (χ3v) is 5.22. The molecular formula is C10H19NO2S. The molecule has 1 aliphatic heterocycles. The van der Waals surface area contributed by atoms with Gasteiger partial charge in [-0.3, -0.25) is 0 Å². The molecule has 14 heavy (non-hydrogen) atoms. The van der Waals surface area contributed by atoms with Gasteiger partial charge < -0.3 is 5.32 Å². The van der Waals surface area contributed by atoms with E-state index in [-0.39, 0.29) is 0 Å². The predicted octanol–water partition coefficient (Wildman–Crippen LogP) is 0.952. The summed E-state index contributed by atoms with van der Waals surface area (Å²) < 4.78 is 22.4. The van der Waals surface area contributed by atoms with Crippen molar-refractivity contribution in [3.8, 4) is 0 Å². The normalized spacial score (nSPS) is 35.4. The molecule has 1 unspecified atom stereocenters. The first-order valence-corrected chi connectivity index (χ1v) is 7.18. The van der Waals surface area contributed by atoms with Gasteiger partial charge in [0.15, 0.2) is 0 Å². The number of rotatable bonds is 2. The highest BCUT2D eigenvalue weighted by Gasteiger charge is 2.46. The summed E-state index contributed by atoms with van der Waals surface area (Å²) in [6.45, 7) is 4.51. The molecule has 0 amide bonds. The molecule has 1 aliphatic carbocycles. The van der Waals surface area contributed by atoms with Crippen LogP contribution >= 0.6 is 0 Å². The average molecular weight is 217 g/mol. The Morgan fingerprint density at radius 2 is 1.71 bits per heavy atom. The van der Waals surface area contributed by atoms with Gasteiger partial charge in [0.05, 0.1) is 11.5 Å². The maximum atomic E-state index is 11.2. The van der Waals surface area contributed by atoms with Crippen molar-refractivity contribution in [1.29, 1.82) is 0 Å². The van der Waals surface area contributed by atoms with E-state index < -0.39 is 9.84 Å². The van der Waals surface area contributed by atoms with E-state index in [1.54, 1.807) is 0 Å². The SMILES string of the molecule is CC1(C)CC1NC1CCS(=O)(=O)CC1. The molecule has 3 nitrogen and oxygen atoms in total. The van der Waals surface area contributed by atoms with Crippen molar-refractivity contribution in [3.05, 3.63) is 0 Å². The minimum absolute atomic E-state index is 0.373. The van der Waals surface area contributed by atoms with Crippen molar-refractivity contribution in [1.82, 2.24) is 5.32 Å². The molecule has 2 fully saturated rings. The molecule has 1 saturated carbocycles. The van der Waals surface area contributed by atoms with Crippen molar-refractivity contribution in [2.75, 3.05) is 11.5 Å². The first-order chi connectivity index (χ1) is 6.39. The fourth-order valence-electron chi connectivity index (χ4n) is 2.09. The Bertz CT molecular complexity index is 307. The molecule has 2 rings (SSSR count). The second-order valence-corrected chi connectivity index (χ2v) is 7.64. The highest BCUT2D eigenvalue weighted by Crippen LogP contribution is 2.45. The molecule has 4 heteroatoms. The van der Waals surface area contributed by atoms with Crippen LogP contribution in [-0.2, 0) is 9.84 Å². The largest absolute Gasteiger partial charge is 0.311 e. The van der Waals surface area contributed by atoms with Crippen LogP contribution < -0.4 is 5.32 Å². The fourth-order valence-corrected chi connectivity index (χ4v) is 3.58. The summed E-state index contributed by atoms with van der Waals surface area (Å²) in [6, 6.07) is 1.05. The van der Waals surface area contributed by atoms with Crippen molar-refractivity contribution in [2.24, 2.45) is 5.41 Å². The van der Waals surface area contributed by atoms with Gasteiger partial charge in [0.1, 0.15) is 9.84 Å². The van der Waals surface area contributed by atoms with Crippen LogP contribution in [0.15, 0.2) is 0 Å². The van der Waals surface area contributed by atoms with Crippen LogP contribution in [0.25, 0.3) is 0 Å². The Hall–Kier alpha value is -0.0900. The summed E-state index contributed by atoms with van der Waals surface area (Å²) in [5.41, 5.74) is 0.441. The van der Waals surface area contributed by atoms with E-state index in [1.165, 1.54) is 6.42 Å². The van der Waals surface area contributed by atoms with Gasteiger partial charge in [-0.05, 0) is 24.7 Å². The van der Waals surface area contributed by atoms with E-state index in [9.17, 15) is 8.42 Å². The molecule has 0 radical (unpaired) electrons. The Balaban J connectivity index is 1.80. The van der Waals surface area contributed by atoms with Gasteiger partial charge in [0.25, 0.3) is 0 Å². The average Bonchev–Trinajstić information content (AvgIpc) is 2.64. The molecule has 0 aromatic carbocycles. The van der Waals surface area contributed by atoms with E-state index in [2.05, 4.69) is 19.2 Å². The minimum Gasteiger partial charge on any atom is -0.311 e. The van der Waals surface area contributed by atoms with Crippen molar-refractivity contribution < 1.29 is 8.42 Å². The molecule has 1 N–H and O–H groups in total. The van der Waals surface area contributed by atoms with Gasteiger partial charge in [-0.15, -0.1) is 0 Å². The summed E-state index contributed by atoms with van der Waals surface area (Å²) in [5, 5.41) is 3.56. The number of hydrogen-bond acceptors (Lipinski definition) is 3. The third-order valence-electron chi connectivity index (χ3n) is 3.50. The molecule has 1 atom stereocenters. The molecule has 82 valence electrons. The van der Waals surface area contributed by atoms with E-state index in [1.807, 2.05) is 0 Å². The first kappa shape index (κ1) is 10.4. The van der Waals surface area contributed by atoms with Crippen LogP contribution in [0.4, 0.5) is 0 Å². The van der Waals surface area contributed by atoms with Gasteiger partial charge in [-0.1, -0.05) is 13.8 Å². The molecule has 0 spiro atoms. The Morgan fingerprint density at radius 3 is 2.14 bits per heavy atom. The van der Waals surface area contributed by atoms with Crippen LogP contribution in [0.2, 0.25) is 0 Å². The van der Waals surface area contributed by atoms with Crippen molar-refractivity contribution in [2.45, 2.75) is 45.2 Å². The highest BCUT2D eigenvalue weighted by atomic mass is 32.2. The quantitative estimate of drug-likeness (QED) is 0.749. The summed E-state index contributed by atoms with van der Waals surface area (Å²) in [4.78, 5) is 0. The third kappa shape index (κ3) is 2.28. The first-order valence-electron chi connectivity index (χ1n) is 5.36. The van der Waals surface area contributed by atoms with Crippen LogP contribution in [0.5, 0.6) is 0 Å². The lowest BCUT2D eigenvalue weighted by atomic mass is 10.1. The van der Waals surface area contributed by atoms with Gasteiger partial charge >= 0.3 is 0 Å². The summed E-state index contributed by atoms with van der Waals surface area (Å²) >= 11 is 0. The number of sulfone groups is 1. The number of nitrogens with one attached hydrogen (secondary N) is 1. The molecule has 1 heterocycles. The maximum absolute atomic E-state index is 11.2.